The molecule has 29 heavy (non-hydrogen) atoms. The Kier molecular flexibility index (Phi) is 9.15. The van der Waals surface area contributed by atoms with Gasteiger partial charge >= 0.3 is 0 Å². The van der Waals surface area contributed by atoms with Gasteiger partial charge < -0.3 is 24.8 Å². The Hall–Kier alpha value is -2.89. The summed E-state index contributed by atoms with van der Waals surface area (Å²) in [7, 11) is 5.07. The number of hydrogen-bond donors (Lipinski definition) is 2. The van der Waals surface area contributed by atoms with Gasteiger partial charge in [-0.1, -0.05) is 18.2 Å². The van der Waals surface area contributed by atoms with Crippen molar-refractivity contribution < 1.29 is 14.2 Å². The molecule has 2 N–H and O–H groups in total. The minimum Gasteiger partial charge on any atom is -0.493 e. The summed E-state index contributed by atoms with van der Waals surface area (Å²) >= 11 is 0. The maximum absolute atomic E-state index is 5.68. The first kappa shape index (κ1) is 22.4. The third-order valence-electron chi connectivity index (χ3n) is 4.38. The maximum Gasteiger partial charge on any atom is 0.190 e. The van der Waals surface area contributed by atoms with E-state index in [1.807, 2.05) is 44.2 Å². The molecule has 0 unspecified atom stereocenters. The van der Waals surface area contributed by atoms with Crippen LogP contribution < -0.4 is 24.8 Å². The molecule has 6 heteroatoms. The predicted molar refractivity (Wildman–Crippen MR) is 119 cm³/mol. The van der Waals surface area contributed by atoms with E-state index in [1.54, 1.807) is 21.3 Å². The van der Waals surface area contributed by atoms with Gasteiger partial charge in [-0.15, -0.1) is 0 Å². The molecule has 0 atom stereocenters. The molecule has 0 saturated heterocycles. The van der Waals surface area contributed by atoms with Gasteiger partial charge in [0.05, 0.1) is 20.3 Å². The Labute approximate surface area is 174 Å². The van der Waals surface area contributed by atoms with Crippen LogP contribution in [0.5, 0.6) is 17.2 Å². The van der Waals surface area contributed by atoms with Gasteiger partial charge in [0.2, 0.25) is 0 Å². The van der Waals surface area contributed by atoms with E-state index in [0.717, 1.165) is 49.1 Å². The molecule has 0 fully saturated rings. The molecule has 0 radical (unpaired) electrons. The summed E-state index contributed by atoms with van der Waals surface area (Å²) < 4.78 is 16.3. The number of hydrogen-bond acceptors (Lipinski definition) is 4. The Balaban J connectivity index is 1.74. The van der Waals surface area contributed by atoms with Gasteiger partial charge in [-0.05, 0) is 62.1 Å². The van der Waals surface area contributed by atoms with Crippen molar-refractivity contribution in [1.82, 2.24) is 10.6 Å². The second-order valence-electron chi connectivity index (χ2n) is 6.93. The zero-order valence-corrected chi connectivity index (χ0v) is 18.1. The molecule has 0 amide bonds. The monoisotopic (exact) mass is 399 g/mol. The van der Waals surface area contributed by atoms with Crippen molar-refractivity contribution >= 4 is 5.96 Å². The lowest BCUT2D eigenvalue weighted by atomic mass is 10.1. The molecular weight excluding hydrogens is 366 g/mol. The van der Waals surface area contributed by atoms with Crippen molar-refractivity contribution in [1.29, 1.82) is 0 Å². The molecule has 0 aliphatic rings. The first-order valence-corrected chi connectivity index (χ1v) is 9.96. The molecule has 0 heterocycles. The zero-order chi connectivity index (χ0) is 21.1. The third-order valence-corrected chi connectivity index (χ3v) is 4.38. The Bertz CT molecular complexity index is 773. The highest BCUT2D eigenvalue weighted by atomic mass is 16.5. The number of rotatable bonds is 10. The Morgan fingerprint density at radius 3 is 2.00 bits per heavy atom. The highest BCUT2D eigenvalue weighted by Crippen LogP contribution is 2.27. The molecule has 0 spiro atoms. The number of guanidine groups is 1. The Morgan fingerprint density at radius 1 is 0.862 bits per heavy atom. The second kappa shape index (κ2) is 11.8. The van der Waals surface area contributed by atoms with Gasteiger partial charge in [0.15, 0.2) is 17.5 Å². The van der Waals surface area contributed by atoms with Crippen LogP contribution in [0.3, 0.4) is 0 Å². The quantitative estimate of drug-likeness (QED) is 0.473. The summed E-state index contributed by atoms with van der Waals surface area (Å²) in [6.07, 6.45) is 1.97. The molecule has 2 aromatic carbocycles. The highest BCUT2D eigenvalue weighted by Gasteiger charge is 2.05. The minimum atomic E-state index is 0.191. The number of methoxy groups -OCH3 is 2. The molecule has 0 bridgehead atoms. The van der Waals surface area contributed by atoms with E-state index in [0.29, 0.717) is 0 Å². The van der Waals surface area contributed by atoms with Crippen molar-refractivity contribution in [3.8, 4) is 17.2 Å². The standard InChI is InChI=1S/C23H33N3O3/c1-17(2)29-20-9-6-18(7-10-20)12-14-25-23(24-3)26-15-13-19-8-11-21(27-4)22(16-19)28-5/h6-11,16-17H,12-15H2,1-5H3,(H2,24,25,26). The minimum absolute atomic E-state index is 0.191. The fourth-order valence-corrected chi connectivity index (χ4v) is 2.91. The van der Waals surface area contributed by atoms with Crippen LogP contribution in [0.15, 0.2) is 47.5 Å². The van der Waals surface area contributed by atoms with Crippen LogP contribution in [0.1, 0.15) is 25.0 Å². The average molecular weight is 400 g/mol. The number of benzene rings is 2. The van der Waals surface area contributed by atoms with Crippen LogP contribution in [-0.4, -0.2) is 46.4 Å². The van der Waals surface area contributed by atoms with Crippen LogP contribution >= 0.6 is 0 Å². The van der Waals surface area contributed by atoms with E-state index in [4.69, 9.17) is 14.2 Å². The molecule has 0 aromatic heterocycles. The van der Waals surface area contributed by atoms with Crippen LogP contribution in [0, 0.1) is 0 Å². The number of nitrogens with zero attached hydrogens (tertiary/aromatic N) is 1. The van der Waals surface area contributed by atoms with E-state index in [9.17, 15) is 0 Å². The lowest BCUT2D eigenvalue weighted by Gasteiger charge is -2.13. The van der Waals surface area contributed by atoms with Crippen molar-refractivity contribution in [2.24, 2.45) is 4.99 Å². The SMILES string of the molecule is CN=C(NCCc1ccc(OC(C)C)cc1)NCCc1ccc(OC)c(OC)c1. The second-order valence-corrected chi connectivity index (χ2v) is 6.93. The summed E-state index contributed by atoms with van der Waals surface area (Å²) in [5.41, 5.74) is 2.43. The molecule has 2 aromatic rings. The van der Waals surface area contributed by atoms with Crippen LogP contribution in [0.25, 0.3) is 0 Å². The average Bonchev–Trinajstić information content (AvgIpc) is 2.73. The van der Waals surface area contributed by atoms with Crippen LogP contribution in [-0.2, 0) is 12.8 Å². The van der Waals surface area contributed by atoms with Crippen molar-refractivity contribution in [3.63, 3.8) is 0 Å². The fraction of sp³-hybridized carbons (Fsp3) is 0.435. The van der Waals surface area contributed by atoms with E-state index in [-0.39, 0.29) is 6.10 Å². The normalized spacial score (nSPS) is 11.3. The van der Waals surface area contributed by atoms with Gasteiger partial charge in [-0.25, -0.2) is 0 Å². The molecule has 6 nitrogen and oxygen atoms in total. The molecule has 0 saturated carbocycles. The highest BCUT2D eigenvalue weighted by molar-refractivity contribution is 5.79. The summed E-state index contributed by atoms with van der Waals surface area (Å²) in [5, 5.41) is 6.70. The molecule has 2 rings (SSSR count). The van der Waals surface area contributed by atoms with E-state index in [1.165, 1.54) is 11.1 Å². The topological polar surface area (TPSA) is 64.1 Å². The summed E-state index contributed by atoms with van der Waals surface area (Å²) in [6.45, 7) is 5.64. The van der Waals surface area contributed by atoms with Gasteiger partial charge in [0.25, 0.3) is 0 Å². The molecule has 158 valence electrons. The summed E-state index contributed by atoms with van der Waals surface area (Å²) in [4.78, 5) is 4.29. The van der Waals surface area contributed by atoms with Crippen molar-refractivity contribution in [2.75, 3.05) is 34.4 Å². The first-order valence-electron chi connectivity index (χ1n) is 9.96. The fourth-order valence-electron chi connectivity index (χ4n) is 2.91. The number of ether oxygens (including phenoxy) is 3. The van der Waals surface area contributed by atoms with E-state index < -0.39 is 0 Å². The third kappa shape index (κ3) is 7.56. The molecular formula is C23H33N3O3. The van der Waals surface area contributed by atoms with Gasteiger partial charge in [-0.2, -0.15) is 0 Å². The van der Waals surface area contributed by atoms with E-state index in [2.05, 4.69) is 27.8 Å². The zero-order valence-electron chi connectivity index (χ0n) is 18.1. The predicted octanol–water partition coefficient (Wildman–Crippen LogP) is 3.44. The van der Waals surface area contributed by atoms with E-state index >= 15 is 0 Å². The molecule has 0 aliphatic heterocycles. The van der Waals surface area contributed by atoms with Gasteiger partial charge in [0.1, 0.15) is 5.75 Å². The van der Waals surface area contributed by atoms with Gasteiger partial charge in [-0.3, -0.25) is 4.99 Å². The van der Waals surface area contributed by atoms with Crippen molar-refractivity contribution in [2.45, 2.75) is 32.8 Å². The lowest BCUT2D eigenvalue weighted by Crippen LogP contribution is -2.39. The van der Waals surface area contributed by atoms with Crippen LogP contribution in [0.2, 0.25) is 0 Å². The summed E-state index contributed by atoms with van der Waals surface area (Å²) in [5.74, 6) is 3.19. The van der Waals surface area contributed by atoms with Crippen molar-refractivity contribution in [3.05, 3.63) is 53.6 Å². The first-order chi connectivity index (χ1) is 14.0. The lowest BCUT2D eigenvalue weighted by molar-refractivity contribution is 0.242. The van der Waals surface area contributed by atoms with Crippen LogP contribution in [0.4, 0.5) is 0 Å². The maximum atomic E-state index is 5.68. The molecule has 0 aliphatic carbocycles. The summed E-state index contributed by atoms with van der Waals surface area (Å²) in [6, 6.07) is 14.2. The largest absolute Gasteiger partial charge is 0.493 e. The van der Waals surface area contributed by atoms with Gasteiger partial charge in [0, 0.05) is 20.1 Å². The Morgan fingerprint density at radius 2 is 1.45 bits per heavy atom. The smallest absolute Gasteiger partial charge is 0.190 e. The number of nitrogens with one attached hydrogen (secondary N) is 2. The number of aliphatic imine (C=N–C) groups is 1.